The molecule has 0 bridgehead atoms. The second-order valence-corrected chi connectivity index (χ2v) is 5.24. The van der Waals surface area contributed by atoms with Crippen molar-refractivity contribution in [2.75, 3.05) is 32.1 Å². The Morgan fingerprint density at radius 2 is 2.09 bits per heavy atom. The molecule has 1 aromatic rings. The van der Waals surface area contributed by atoms with E-state index in [0.29, 0.717) is 26.1 Å². The molecule has 1 heterocycles. The van der Waals surface area contributed by atoms with Crippen molar-refractivity contribution in [2.45, 2.75) is 32.0 Å². The number of amides is 1. The van der Waals surface area contributed by atoms with E-state index in [-0.39, 0.29) is 18.3 Å². The molecule has 2 rings (SSSR count). The van der Waals surface area contributed by atoms with Crippen molar-refractivity contribution in [3.8, 4) is 0 Å². The predicted molar refractivity (Wildman–Crippen MR) is 89.5 cm³/mol. The monoisotopic (exact) mass is 328 g/mol. The summed E-state index contributed by atoms with van der Waals surface area (Å²) in [5.74, 6) is -0.0694. The van der Waals surface area contributed by atoms with Gasteiger partial charge in [0.25, 0.3) is 5.91 Å². The van der Waals surface area contributed by atoms with E-state index in [1.165, 1.54) is 0 Å². The summed E-state index contributed by atoms with van der Waals surface area (Å²) in [7, 11) is 1.61. The molecule has 5 nitrogen and oxygen atoms in total. The number of anilines is 1. The van der Waals surface area contributed by atoms with Crippen LogP contribution in [0.15, 0.2) is 24.3 Å². The molecule has 0 spiro atoms. The molecular formula is C16H25ClN2O3. The van der Waals surface area contributed by atoms with Gasteiger partial charge in [0.15, 0.2) is 0 Å². The van der Waals surface area contributed by atoms with Gasteiger partial charge in [0.1, 0.15) is 5.60 Å². The highest BCUT2D eigenvalue weighted by Gasteiger charge is 2.39. The largest absolute Gasteiger partial charge is 0.377 e. The minimum Gasteiger partial charge on any atom is -0.377 e. The van der Waals surface area contributed by atoms with Crippen LogP contribution in [0.25, 0.3) is 0 Å². The molecule has 0 unspecified atom stereocenters. The van der Waals surface area contributed by atoms with Gasteiger partial charge >= 0.3 is 0 Å². The normalized spacial score (nSPS) is 16.6. The van der Waals surface area contributed by atoms with Crippen LogP contribution < -0.4 is 10.6 Å². The molecule has 0 aliphatic carbocycles. The van der Waals surface area contributed by atoms with Gasteiger partial charge in [-0.25, -0.2) is 0 Å². The van der Waals surface area contributed by atoms with Crippen molar-refractivity contribution in [1.29, 1.82) is 0 Å². The zero-order valence-corrected chi connectivity index (χ0v) is 14.0. The van der Waals surface area contributed by atoms with E-state index in [4.69, 9.17) is 9.47 Å². The first-order valence-corrected chi connectivity index (χ1v) is 7.44. The minimum absolute atomic E-state index is 0. The third kappa shape index (κ3) is 4.68. The van der Waals surface area contributed by atoms with Gasteiger partial charge in [-0.2, -0.15) is 0 Å². The maximum absolute atomic E-state index is 12.6. The molecule has 1 aliphatic heterocycles. The Kier molecular flexibility index (Phi) is 7.82. The Labute approximate surface area is 138 Å². The second kappa shape index (κ2) is 9.10. The van der Waals surface area contributed by atoms with Gasteiger partial charge in [-0.05, 0) is 50.6 Å². The summed E-state index contributed by atoms with van der Waals surface area (Å²) in [6, 6.07) is 7.74. The molecule has 1 aliphatic rings. The Morgan fingerprint density at radius 1 is 1.36 bits per heavy atom. The third-order valence-electron chi connectivity index (χ3n) is 3.87. The first-order chi connectivity index (χ1) is 10.2. The van der Waals surface area contributed by atoms with Gasteiger partial charge < -0.3 is 20.1 Å². The lowest BCUT2D eigenvalue weighted by atomic mass is 9.91. The number of carbonyl (C=O) groups is 1. The van der Waals surface area contributed by atoms with Crippen molar-refractivity contribution < 1.29 is 14.3 Å². The van der Waals surface area contributed by atoms with Crippen molar-refractivity contribution in [3.05, 3.63) is 29.8 Å². The number of halogens is 1. The molecule has 1 saturated heterocycles. The van der Waals surface area contributed by atoms with Crippen molar-refractivity contribution in [2.24, 2.45) is 0 Å². The first-order valence-electron chi connectivity index (χ1n) is 7.44. The Morgan fingerprint density at radius 3 is 2.73 bits per heavy atom. The topological polar surface area (TPSA) is 59.6 Å². The summed E-state index contributed by atoms with van der Waals surface area (Å²) in [5.41, 5.74) is 1.11. The number of carbonyl (C=O) groups excluding carboxylic acids is 1. The summed E-state index contributed by atoms with van der Waals surface area (Å²) >= 11 is 0. The van der Waals surface area contributed by atoms with Gasteiger partial charge in [0.05, 0.1) is 6.61 Å². The number of hydrogen-bond donors (Lipinski definition) is 2. The molecule has 0 atom stereocenters. The number of piperidine rings is 1. The Hall–Kier alpha value is -1.14. The molecular weight excluding hydrogens is 304 g/mol. The Bertz CT molecular complexity index is 476. The number of nitrogens with one attached hydrogen (secondary N) is 2. The smallest absolute Gasteiger partial charge is 0.256 e. The molecule has 124 valence electrons. The minimum atomic E-state index is -0.721. The summed E-state index contributed by atoms with van der Waals surface area (Å²) in [4.78, 5) is 12.6. The summed E-state index contributed by atoms with van der Waals surface area (Å²) in [5, 5.41) is 6.22. The van der Waals surface area contributed by atoms with Crippen molar-refractivity contribution in [1.82, 2.24) is 5.32 Å². The quantitative estimate of drug-likeness (QED) is 0.841. The molecule has 2 N–H and O–H groups in total. The van der Waals surface area contributed by atoms with Gasteiger partial charge in [0.2, 0.25) is 0 Å². The summed E-state index contributed by atoms with van der Waals surface area (Å²) < 4.78 is 10.9. The third-order valence-corrected chi connectivity index (χ3v) is 3.87. The van der Waals surface area contributed by atoms with Gasteiger partial charge in [-0.3, -0.25) is 4.79 Å². The van der Waals surface area contributed by atoms with E-state index in [1.807, 2.05) is 31.2 Å². The molecule has 0 saturated carbocycles. The number of benzene rings is 1. The van der Waals surface area contributed by atoms with E-state index in [2.05, 4.69) is 10.6 Å². The van der Waals surface area contributed by atoms with Crippen LogP contribution in [-0.4, -0.2) is 38.3 Å². The molecule has 1 fully saturated rings. The van der Waals surface area contributed by atoms with Gasteiger partial charge in [-0.1, -0.05) is 12.1 Å². The zero-order valence-electron chi connectivity index (χ0n) is 13.2. The summed E-state index contributed by atoms with van der Waals surface area (Å²) in [6.07, 6.45) is 1.38. The standard InChI is InChI=1S/C16H24N2O3.ClH/c1-3-21-12-13-5-4-6-14(11-13)18-15(19)16(20-2)7-9-17-10-8-16;/h4-6,11,17H,3,7-10,12H2,1-2H3,(H,18,19);1H. The Balaban J connectivity index is 0.00000242. The highest BCUT2D eigenvalue weighted by Crippen LogP contribution is 2.24. The van der Waals surface area contributed by atoms with Crippen LogP contribution in [-0.2, 0) is 20.9 Å². The fourth-order valence-corrected chi connectivity index (χ4v) is 2.56. The average Bonchev–Trinajstić information content (AvgIpc) is 2.54. The van der Waals surface area contributed by atoms with Gasteiger partial charge in [-0.15, -0.1) is 12.4 Å². The zero-order chi connectivity index (χ0) is 15.1. The van der Waals surface area contributed by atoms with Crippen molar-refractivity contribution >= 4 is 24.0 Å². The fourth-order valence-electron chi connectivity index (χ4n) is 2.56. The van der Waals surface area contributed by atoms with E-state index in [9.17, 15) is 4.79 Å². The number of methoxy groups -OCH3 is 1. The van der Waals surface area contributed by atoms with Crippen LogP contribution in [0.3, 0.4) is 0 Å². The second-order valence-electron chi connectivity index (χ2n) is 5.24. The van der Waals surface area contributed by atoms with E-state index in [1.54, 1.807) is 7.11 Å². The molecule has 1 aromatic carbocycles. The van der Waals surface area contributed by atoms with Crippen LogP contribution >= 0.6 is 12.4 Å². The maximum Gasteiger partial charge on any atom is 0.256 e. The SMILES string of the molecule is CCOCc1cccc(NC(=O)C2(OC)CCNCC2)c1.Cl. The van der Waals surface area contributed by atoms with E-state index < -0.39 is 5.60 Å². The number of ether oxygens (including phenoxy) is 2. The lowest BCUT2D eigenvalue weighted by Crippen LogP contribution is -2.51. The fraction of sp³-hybridized carbons (Fsp3) is 0.562. The van der Waals surface area contributed by atoms with Crippen LogP contribution in [0.1, 0.15) is 25.3 Å². The predicted octanol–water partition coefficient (Wildman–Crippen LogP) is 2.35. The van der Waals surface area contributed by atoms with Crippen LogP contribution in [0.5, 0.6) is 0 Å². The molecule has 1 amide bonds. The average molecular weight is 329 g/mol. The van der Waals surface area contributed by atoms with Crippen LogP contribution in [0, 0.1) is 0 Å². The van der Waals surface area contributed by atoms with Gasteiger partial charge in [0, 0.05) is 19.4 Å². The van der Waals surface area contributed by atoms with E-state index >= 15 is 0 Å². The number of hydrogen-bond acceptors (Lipinski definition) is 4. The molecule has 0 aromatic heterocycles. The molecule has 22 heavy (non-hydrogen) atoms. The maximum atomic E-state index is 12.6. The highest BCUT2D eigenvalue weighted by molar-refractivity contribution is 5.97. The highest BCUT2D eigenvalue weighted by atomic mass is 35.5. The molecule has 6 heteroatoms. The lowest BCUT2D eigenvalue weighted by Gasteiger charge is -2.34. The molecule has 0 radical (unpaired) electrons. The summed E-state index contributed by atoms with van der Waals surface area (Å²) in [6.45, 7) is 4.79. The lowest BCUT2D eigenvalue weighted by molar-refractivity contribution is -0.140. The van der Waals surface area contributed by atoms with Crippen LogP contribution in [0.2, 0.25) is 0 Å². The first kappa shape index (κ1) is 18.9. The number of rotatable bonds is 6. The van der Waals surface area contributed by atoms with Crippen molar-refractivity contribution in [3.63, 3.8) is 0 Å². The van der Waals surface area contributed by atoms with Crippen LogP contribution in [0.4, 0.5) is 5.69 Å². The van der Waals surface area contributed by atoms with E-state index in [0.717, 1.165) is 24.3 Å².